The van der Waals surface area contributed by atoms with E-state index in [1.165, 1.54) is 32.6 Å². The lowest BCUT2D eigenvalue weighted by atomic mass is 10.2. The van der Waals surface area contributed by atoms with Crippen molar-refractivity contribution in [2.24, 2.45) is 5.10 Å². The largest absolute Gasteiger partial charge is 0.493 e. The molecule has 0 amide bonds. The molecule has 6 nitrogen and oxygen atoms in total. The van der Waals surface area contributed by atoms with Gasteiger partial charge in [-0.05, 0) is 35.9 Å². The van der Waals surface area contributed by atoms with Gasteiger partial charge in [0.15, 0.2) is 11.5 Å². The summed E-state index contributed by atoms with van der Waals surface area (Å²) in [6, 6.07) is 7.87. The highest BCUT2D eigenvalue weighted by molar-refractivity contribution is 6.33. The highest BCUT2D eigenvalue weighted by Gasteiger charge is 2.10. The van der Waals surface area contributed by atoms with Crippen LogP contribution < -0.4 is 14.9 Å². The second kappa shape index (κ2) is 7.90. The average molecular weight is 369 g/mol. The summed E-state index contributed by atoms with van der Waals surface area (Å²) >= 11 is 11.9. The fourth-order valence-electron chi connectivity index (χ4n) is 1.95. The number of nitrogens with one attached hydrogen (secondary N) is 1. The first-order chi connectivity index (χ1) is 11.5. The third-order valence-electron chi connectivity index (χ3n) is 3.06. The lowest BCUT2D eigenvalue weighted by Crippen LogP contribution is -1.99. The number of hydrogen-bond donors (Lipinski definition) is 2. The van der Waals surface area contributed by atoms with Gasteiger partial charge in [0.05, 0.1) is 41.7 Å². The molecule has 0 radical (unpaired) electrons. The Bertz CT molecular complexity index is 794. The molecule has 2 N–H and O–H groups in total. The fraction of sp³-hybridized carbons (Fsp3) is 0.125. The molecular weight excluding hydrogens is 355 g/mol. The minimum Gasteiger partial charge on any atom is -0.493 e. The average Bonchev–Trinajstić information content (AvgIpc) is 2.55. The molecular formula is C16H14Cl2N2O4. The van der Waals surface area contributed by atoms with Gasteiger partial charge >= 0.3 is 5.97 Å². The Morgan fingerprint density at radius 3 is 2.54 bits per heavy atom. The van der Waals surface area contributed by atoms with Gasteiger partial charge in [-0.3, -0.25) is 5.43 Å². The molecule has 0 aromatic heterocycles. The van der Waals surface area contributed by atoms with Crippen molar-refractivity contribution in [3.05, 3.63) is 51.5 Å². The maximum absolute atomic E-state index is 11.0. The zero-order valence-electron chi connectivity index (χ0n) is 12.8. The minimum absolute atomic E-state index is 0.00831. The van der Waals surface area contributed by atoms with Crippen molar-refractivity contribution in [1.29, 1.82) is 0 Å². The molecule has 2 aromatic carbocycles. The van der Waals surface area contributed by atoms with E-state index in [-0.39, 0.29) is 10.6 Å². The van der Waals surface area contributed by atoms with Gasteiger partial charge in [-0.2, -0.15) is 5.10 Å². The maximum Gasteiger partial charge on any atom is 0.337 e. The minimum atomic E-state index is -1.11. The molecule has 0 spiro atoms. The van der Waals surface area contributed by atoms with Crippen LogP contribution in [0.1, 0.15) is 15.9 Å². The molecule has 0 fully saturated rings. The lowest BCUT2D eigenvalue weighted by Gasteiger charge is -2.10. The first-order valence-electron chi connectivity index (χ1n) is 6.69. The number of hydrogen-bond acceptors (Lipinski definition) is 5. The summed E-state index contributed by atoms with van der Waals surface area (Å²) in [5.74, 6) is -0.196. The van der Waals surface area contributed by atoms with E-state index in [0.29, 0.717) is 27.8 Å². The van der Waals surface area contributed by atoms with E-state index in [2.05, 4.69) is 10.5 Å². The normalized spacial score (nSPS) is 10.7. The Morgan fingerprint density at radius 1 is 1.17 bits per heavy atom. The van der Waals surface area contributed by atoms with E-state index in [1.807, 2.05) is 0 Å². The van der Waals surface area contributed by atoms with Crippen LogP contribution in [0.5, 0.6) is 11.5 Å². The van der Waals surface area contributed by atoms with Crippen LogP contribution in [0.3, 0.4) is 0 Å². The zero-order valence-corrected chi connectivity index (χ0v) is 14.4. The predicted molar refractivity (Wildman–Crippen MR) is 94.2 cm³/mol. The highest BCUT2D eigenvalue weighted by Crippen LogP contribution is 2.35. The third kappa shape index (κ3) is 4.10. The number of carboxylic acid groups (broad SMARTS) is 1. The summed E-state index contributed by atoms with van der Waals surface area (Å²) < 4.78 is 10.4. The van der Waals surface area contributed by atoms with Crippen molar-refractivity contribution in [3.8, 4) is 11.5 Å². The SMILES string of the molecule is COc1cc(/C=N\Nc2ccc(Cl)c(C(=O)O)c2)cc(Cl)c1OC. The van der Waals surface area contributed by atoms with Gasteiger partial charge in [0, 0.05) is 0 Å². The van der Waals surface area contributed by atoms with Crippen LogP contribution in [-0.4, -0.2) is 31.5 Å². The number of aromatic carboxylic acids is 1. The Balaban J connectivity index is 2.19. The van der Waals surface area contributed by atoms with Gasteiger partial charge in [-0.25, -0.2) is 4.79 Å². The number of rotatable bonds is 6. The number of halogens is 2. The molecule has 2 aromatic rings. The van der Waals surface area contributed by atoms with Crippen molar-refractivity contribution < 1.29 is 19.4 Å². The maximum atomic E-state index is 11.0. The lowest BCUT2D eigenvalue weighted by molar-refractivity contribution is 0.0697. The smallest absolute Gasteiger partial charge is 0.337 e. The van der Waals surface area contributed by atoms with Crippen molar-refractivity contribution in [2.45, 2.75) is 0 Å². The predicted octanol–water partition coefficient (Wildman–Crippen LogP) is 4.15. The zero-order chi connectivity index (χ0) is 17.7. The number of ether oxygens (including phenoxy) is 2. The molecule has 0 aliphatic rings. The Hall–Kier alpha value is -2.44. The number of anilines is 1. The summed E-state index contributed by atoms with van der Waals surface area (Å²) in [4.78, 5) is 11.0. The third-order valence-corrected chi connectivity index (χ3v) is 3.67. The number of hydrazone groups is 1. The first kappa shape index (κ1) is 17.9. The van der Waals surface area contributed by atoms with Crippen molar-refractivity contribution in [2.75, 3.05) is 19.6 Å². The molecule has 0 saturated heterocycles. The summed E-state index contributed by atoms with van der Waals surface area (Å²) in [7, 11) is 3.01. The quantitative estimate of drug-likeness (QED) is 0.591. The standard InChI is InChI=1S/C16H14Cl2N2O4/c1-23-14-6-9(5-13(18)15(14)24-2)8-19-20-10-3-4-12(17)11(7-10)16(21)22/h3-8,20H,1-2H3,(H,21,22)/b19-8-. The van der Waals surface area contributed by atoms with Gasteiger partial charge < -0.3 is 14.6 Å². The highest BCUT2D eigenvalue weighted by atomic mass is 35.5. The first-order valence-corrected chi connectivity index (χ1v) is 7.45. The Morgan fingerprint density at radius 2 is 1.92 bits per heavy atom. The molecule has 24 heavy (non-hydrogen) atoms. The Kier molecular flexibility index (Phi) is 5.89. The molecule has 0 aliphatic carbocycles. The van der Waals surface area contributed by atoms with Gasteiger partial charge in [-0.1, -0.05) is 23.2 Å². The van der Waals surface area contributed by atoms with Gasteiger partial charge in [0.25, 0.3) is 0 Å². The van der Waals surface area contributed by atoms with Gasteiger partial charge in [-0.15, -0.1) is 0 Å². The molecule has 126 valence electrons. The van der Waals surface area contributed by atoms with Crippen LogP contribution in [0.25, 0.3) is 0 Å². The van der Waals surface area contributed by atoms with Gasteiger partial charge in [0.2, 0.25) is 0 Å². The van der Waals surface area contributed by atoms with Crippen LogP contribution in [0.4, 0.5) is 5.69 Å². The van der Waals surface area contributed by atoms with Crippen LogP contribution in [0.15, 0.2) is 35.4 Å². The molecule has 0 atom stereocenters. The summed E-state index contributed by atoms with van der Waals surface area (Å²) in [5.41, 5.74) is 3.89. The number of nitrogens with zero attached hydrogens (tertiary/aromatic N) is 1. The molecule has 2 rings (SSSR count). The van der Waals surface area contributed by atoms with E-state index >= 15 is 0 Å². The van der Waals surface area contributed by atoms with Crippen LogP contribution in [-0.2, 0) is 0 Å². The Labute approximate surface area is 148 Å². The van der Waals surface area contributed by atoms with E-state index < -0.39 is 5.97 Å². The second-order valence-corrected chi connectivity index (χ2v) is 5.42. The van der Waals surface area contributed by atoms with E-state index in [4.69, 9.17) is 37.8 Å². The molecule has 0 heterocycles. The van der Waals surface area contributed by atoms with Gasteiger partial charge in [0.1, 0.15) is 0 Å². The molecule has 8 heteroatoms. The fourth-order valence-corrected chi connectivity index (χ4v) is 2.45. The molecule has 0 aliphatic heterocycles. The monoisotopic (exact) mass is 368 g/mol. The summed E-state index contributed by atoms with van der Waals surface area (Å²) in [6.07, 6.45) is 1.52. The number of carbonyl (C=O) groups is 1. The topological polar surface area (TPSA) is 80.2 Å². The number of methoxy groups -OCH3 is 2. The number of benzene rings is 2. The summed E-state index contributed by atoms with van der Waals surface area (Å²) in [5, 5.41) is 13.6. The van der Waals surface area contributed by atoms with Crippen LogP contribution >= 0.6 is 23.2 Å². The number of carboxylic acids is 1. The van der Waals surface area contributed by atoms with Crippen molar-refractivity contribution in [1.82, 2.24) is 0 Å². The summed E-state index contributed by atoms with van der Waals surface area (Å²) in [6.45, 7) is 0. The van der Waals surface area contributed by atoms with Crippen molar-refractivity contribution in [3.63, 3.8) is 0 Å². The molecule has 0 unspecified atom stereocenters. The van der Waals surface area contributed by atoms with E-state index in [9.17, 15) is 4.79 Å². The van der Waals surface area contributed by atoms with Crippen molar-refractivity contribution >= 4 is 41.1 Å². The van der Waals surface area contributed by atoms with Crippen LogP contribution in [0.2, 0.25) is 10.0 Å². The second-order valence-electron chi connectivity index (χ2n) is 4.61. The molecule has 0 bridgehead atoms. The van der Waals surface area contributed by atoms with E-state index in [0.717, 1.165) is 0 Å². The van der Waals surface area contributed by atoms with Crippen LogP contribution in [0, 0.1) is 0 Å². The van der Waals surface area contributed by atoms with E-state index in [1.54, 1.807) is 18.2 Å². The molecule has 0 saturated carbocycles.